The van der Waals surface area contributed by atoms with E-state index in [1.165, 1.54) is 12.3 Å². The minimum absolute atomic E-state index is 0.261. The van der Waals surface area contributed by atoms with Crippen molar-refractivity contribution in [2.45, 2.75) is 18.9 Å². The highest BCUT2D eigenvalue weighted by Crippen LogP contribution is 2.24. The maximum atomic E-state index is 13.8. The first kappa shape index (κ1) is 17.6. The van der Waals surface area contributed by atoms with Gasteiger partial charge >= 0.3 is 0 Å². The summed E-state index contributed by atoms with van der Waals surface area (Å²) in [5.41, 5.74) is 1.77. The first-order chi connectivity index (χ1) is 14.2. The van der Waals surface area contributed by atoms with Gasteiger partial charge in [0.05, 0.1) is 6.20 Å². The highest BCUT2D eigenvalue weighted by atomic mass is 19.1. The second-order valence-corrected chi connectivity index (χ2v) is 6.99. The Morgan fingerprint density at radius 2 is 2.21 bits per heavy atom. The molecule has 5 rings (SSSR count). The van der Waals surface area contributed by atoms with Crippen LogP contribution in [0.1, 0.15) is 12.8 Å². The first-order valence-electron chi connectivity index (χ1n) is 9.39. The Bertz CT molecular complexity index is 1160. The van der Waals surface area contributed by atoms with E-state index in [-0.39, 0.29) is 11.9 Å². The van der Waals surface area contributed by atoms with E-state index in [0.717, 1.165) is 25.9 Å². The molecule has 1 fully saturated rings. The van der Waals surface area contributed by atoms with Crippen molar-refractivity contribution < 1.29 is 4.39 Å². The zero-order chi connectivity index (χ0) is 19.8. The van der Waals surface area contributed by atoms with Crippen molar-refractivity contribution in [1.82, 2.24) is 44.9 Å². The quantitative estimate of drug-likeness (QED) is 0.533. The van der Waals surface area contributed by atoms with Crippen LogP contribution in [0.3, 0.4) is 0 Å². The molecule has 4 aromatic rings. The van der Waals surface area contributed by atoms with Gasteiger partial charge in [0.2, 0.25) is 5.82 Å². The fourth-order valence-corrected chi connectivity index (χ4v) is 3.50. The number of aryl methyl sites for hydroxylation is 1. The van der Waals surface area contributed by atoms with E-state index in [4.69, 9.17) is 0 Å². The smallest absolute Gasteiger partial charge is 0.200 e. The topological polar surface area (TPSA) is 111 Å². The van der Waals surface area contributed by atoms with Crippen molar-refractivity contribution >= 4 is 11.5 Å². The van der Waals surface area contributed by atoms with Crippen molar-refractivity contribution in [2.24, 2.45) is 7.05 Å². The fraction of sp³-hybridized carbons (Fsp3) is 0.333. The highest BCUT2D eigenvalue weighted by molar-refractivity contribution is 5.64. The lowest BCUT2D eigenvalue weighted by atomic mass is 10.1. The molecule has 1 aliphatic heterocycles. The highest BCUT2D eigenvalue weighted by Gasteiger charge is 2.18. The molecule has 1 atom stereocenters. The van der Waals surface area contributed by atoms with Gasteiger partial charge in [-0.15, -0.1) is 5.10 Å². The molecule has 0 aromatic carbocycles. The fourth-order valence-electron chi connectivity index (χ4n) is 3.50. The van der Waals surface area contributed by atoms with Gasteiger partial charge in [0.25, 0.3) is 0 Å². The van der Waals surface area contributed by atoms with Crippen molar-refractivity contribution in [3.63, 3.8) is 0 Å². The zero-order valence-corrected chi connectivity index (χ0v) is 15.7. The molecule has 0 spiro atoms. The molecule has 0 amide bonds. The number of hydrogen-bond donors (Lipinski definition) is 2. The second-order valence-electron chi connectivity index (χ2n) is 6.99. The van der Waals surface area contributed by atoms with Gasteiger partial charge in [0.15, 0.2) is 5.82 Å². The van der Waals surface area contributed by atoms with E-state index in [9.17, 15) is 4.39 Å². The van der Waals surface area contributed by atoms with Crippen LogP contribution in [0.4, 0.5) is 10.2 Å². The van der Waals surface area contributed by atoms with Gasteiger partial charge in [-0.25, -0.2) is 24.0 Å². The Labute approximate surface area is 165 Å². The summed E-state index contributed by atoms with van der Waals surface area (Å²) in [6.07, 6.45) is 5.15. The molecule has 148 valence electrons. The van der Waals surface area contributed by atoms with Gasteiger partial charge in [-0.2, -0.15) is 0 Å². The molecule has 4 aromatic heterocycles. The molecular formula is C18H19FN10. The number of fused-ring (bicyclic) bond motifs is 1. The van der Waals surface area contributed by atoms with Crippen LogP contribution in [0, 0.1) is 5.82 Å². The van der Waals surface area contributed by atoms with Gasteiger partial charge in [-0.1, -0.05) is 0 Å². The average Bonchev–Trinajstić information content (AvgIpc) is 3.34. The number of nitrogens with zero attached hydrogens (tertiary/aromatic N) is 8. The van der Waals surface area contributed by atoms with Crippen LogP contribution >= 0.6 is 0 Å². The van der Waals surface area contributed by atoms with Crippen LogP contribution < -0.4 is 10.6 Å². The number of pyridine rings is 1. The molecule has 11 heteroatoms. The van der Waals surface area contributed by atoms with Crippen LogP contribution in [0.2, 0.25) is 0 Å². The van der Waals surface area contributed by atoms with Gasteiger partial charge in [0, 0.05) is 31.9 Å². The Morgan fingerprint density at radius 1 is 1.28 bits per heavy atom. The lowest BCUT2D eigenvalue weighted by Crippen LogP contribution is -2.38. The summed E-state index contributed by atoms with van der Waals surface area (Å²) in [4.78, 5) is 13.6. The number of aromatic nitrogens is 8. The van der Waals surface area contributed by atoms with Gasteiger partial charge in [-0.3, -0.25) is 4.40 Å². The predicted molar refractivity (Wildman–Crippen MR) is 103 cm³/mol. The monoisotopic (exact) mass is 394 g/mol. The summed E-state index contributed by atoms with van der Waals surface area (Å²) >= 11 is 0. The number of imidazole rings is 1. The third kappa shape index (κ3) is 3.40. The maximum Gasteiger partial charge on any atom is 0.200 e. The van der Waals surface area contributed by atoms with E-state index in [2.05, 4.69) is 41.1 Å². The van der Waals surface area contributed by atoms with Gasteiger partial charge in [-0.05, 0) is 41.9 Å². The Hall–Kier alpha value is -3.47. The molecule has 1 aliphatic rings. The summed E-state index contributed by atoms with van der Waals surface area (Å²) in [6, 6.07) is 5.07. The van der Waals surface area contributed by atoms with Crippen molar-refractivity contribution in [2.75, 3.05) is 18.4 Å². The summed E-state index contributed by atoms with van der Waals surface area (Å²) < 4.78 is 17.0. The van der Waals surface area contributed by atoms with Gasteiger partial charge in [0.1, 0.15) is 28.7 Å². The SMILES string of the molecule is Cn1nnnc1-c1cc(NC2CCCNC2)nc(-c2cnc3ccc(F)cn23)n1. The molecular weight excluding hydrogens is 375 g/mol. The third-order valence-corrected chi connectivity index (χ3v) is 4.92. The number of nitrogens with one attached hydrogen (secondary N) is 2. The molecule has 29 heavy (non-hydrogen) atoms. The number of halogens is 1. The van der Waals surface area contributed by atoms with Crippen LogP contribution in [0.25, 0.3) is 28.7 Å². The largest absolute Gasteiger partial charge is 0.366 e. The Kier molecular flexibility index (Phi) is 4.35. The third-order valence-electron chi connectivity index (χ3n) is 4.92. The lowest BCUT2D eigenvalue weighted by Gasteiger charge is -2.24. The standard InChI is InChI=1S/C18H19FN10/c1-28-18(25-26-27-28)13-7-15(22-12-3-2-6-20-8-12)24-17(23-13)14-9-21-16-5-4-11(19)10-29(14)16/h4-5,7,9-10,12,20H,2-3,6,8H2,1H3,(H,22,23,24). The molecule has 5 heterocycles. The Balaban J connectivity index is 1.62. The van der Waals surface area contributed by atoms with E-state index < -0.39 is 0 Å². The van der Waals surface area contributed by atoms with E-state index in [1.54, 1.807) is 28.4 Å². The molecule has 0 bridgehead atoms. The molecule has 0 aliphatic carbocycles. The minimum atomic E-state index is -0.364. The number of piperidine rings is 1. The molecule has 1 saturated heterocycles. The van der Waals surface area contributed by atoms with Crippen LogP contribution in [-0.4, -0.2) is 58.7 Å². The average molecular weight is 394 g/mol. The predicted octanol–water partition coefficient (Wildman–Crippen LogP) is 1.28. The zero-order valence-electron chi connectivity index (χ0n) is 15.7. The Morgan fingerprint density at radius 3 is 3.00 bits per heavy atom. The molecule has 1 unspecified atom stereocenters. The molecule has 2 N–H and O–H groups in total. The normalized spacial score (nSPS) is 17.0. The number of hydrogen-bond acceptors (Lipinski definition) is 8. The number of tetrazole rings is 1. The second kappa shape index (κ2) is 7.17. The van der Waals surface area contributed by atoms with Crippen molar-refractivity contribution in [3.05, 3.63) is 36.4 Å². The minimum Gasteiger partial charge on any atom is -0.366 e. The lowest BCUT2D eigenvalue weighted by molar-refractivity contribution is 0.479. The van der Waals surface area contributed by atoms with Crippen LogP contribution in [0.5, 0.6) is 0 Å². The van der Waals surface area contributed by atoms with Gasteiger partial charge < -0.3 is 10.6 Å². The molecule has 10 nitrogen and oxygen atoms in total. The van der Waals surface area contributed by atoms with E-state index >= 15 is 0 Å². The van der Waals surface area contributed by atoms with Crippen molar-refractivity contribution in [1.29, 1.82) is 0 Å². The van der Waals surface area contributed by atoms with Crippen LogP contribution in [-0.2, 0) is 7.05 Å². The molecule has 0 saturated carbocycles. The van der Waals surface area contributed by atoms with Crippen molar-refractivity contribution in [3.8, 4) is 23.0 Å². The van der Waals surface area contributed by atoms with Crippen LogP contribution in [0.15, 0.2) is 30.6 Å². The first-order valence-corrected chi connectivity index (χ1v) is 9.39. The number of anilines is 1. The summed E-state index contributed by atoms with van der Waals surface area (Å²) in [5, 5.41) is 18.5. The van der Waals surface area contributed by atoms with E-state index in [1.807, 2.05) is 6.07 Å². The number of rotatable bonds is 4. The summed E-state index contributed by atoms with van der Waals surface area (Å²) in [6.45, 7) is 1.89. The summed E-state index contributed by atoms with van der Waals surface area (Å²) in [7, 11) is 1.75. The maximum absolute atomic E-state index is 13.8. The summed E-state index contributed by atoms with van der Waals surface area (Å²) in [5.74, 6) is 1.22. The van der Waals surface area contributed by atoms with E-state index in [0.29, 0.717) is 34.5 Å². The molecule has 0 radical (unpaired) electrons.